The third-order valence-corrected chi connectivity index (χ3v) is 4.62. The summed E-state index contributed by atoms with van der Waals surface area (Å²) in [5.41, 5.74) is 2.90. The van der Waals surface area contributed by atoms with Gasteiger partial charge in [0.05, 0.1) is 13.7 Å². The second kappa shape index (κ2) is 11.1. The zero-order chi connectivity index (χ0) is 21.2. The Morgan fingerprint density at radius 1 is 1.10 bits per heavy atom. The van der Waals surface area contributed by atoms with Crippen molar-refractivity contribution < 1.29 is 9.53 Å². The fourth-order valence-electron chi connectivity index (χ4n) is 2.96. The highest BCUT2D eigenvalue weighted by atomic mass is 16.5. The molecule has 1 unspecified atom stereocenters. The van der Waals surface area contributed by atoms with Crippen molar-refractivity contribution in [2.24, 2.45) is 4.99 Å². The molecule has 0 heterocycles. The third-order valence-electron chi connectivity index (χ3n) is 4.62. The Bertz CT molecular complexity index is 816. The zero-order valence-electron chi connectivity index (χ0n) is 18.0. The van der Waals surface area contributed by atoms with Gasteiger partial charge in [-0.3, -0.25) is 4.79 Å². The largest absolute Gasteiger partial charge is 0.496 e. The first-order valence-corrected chi connectivity index (χ1v) is 9.92. The number of carbonyl (C=O) groups excluding carboxylic acids is 1. The number of carbonyl (C=O) groups is 1. The second-order valence-corrected chi connectivity index (χ2v) is 7.12. The van der Waals surface area contributed by atoms with Crippen LogP contribution >= 0.6 is 0 Å². The zero-order valence-corrected chi connectivity index (χ0v) is 18.0. The molecule has 29 heavy (non-hydrogen) atoms. The van der Waals surface area contributed by atoms with Crippen LogP contribution in [-0.2, 0) is 6.54 Å². The maximum Gasteiger partial charge on any atom is 0.253 e. The average molecular weight is 397 g/mol. The lowest BCUT2D eigenvalue weighted by Crippen LogP contribution is -2.39. The van der Waals surface area contributed by atoms with Gasteiger partial charge >= 0.3 is 0 Å². The highest BCUT2D eigenvalue weighted by Crippen LogP contribution is 2.25. The number of aliphatic imine (C=N–C) groups is 1. The highest BCUT2D eigenvalue weighted by molar-refractivity contribution is 5.93. The fourth-order valence-corrected chi connectivity index (χ4v) is 2.96. The maximum absolute atomic E-state index is 12.0. The Balaban J connectivity index is 1.99. The standard InChI is InChI=1S/C23H32N4O2/c1-6-24-23(25-15-17(2)20-9-7-8-10-21(20)29-5)26-16-18-11-13-19(14-12-18)22(28)27(3)4/h7-14,17H,6,15-16H2,1-5H3,(H2,24,25,26). The van der Waals surface area contributed by atoms with E-state index in [0.717, 1.165) is 30.4 Å². The van der Waals surface area contributed by atoms with Crippen molar-refractivity contribution in [1.29, 1.82) is 0 Å². The molecular formula is C23H32N4O2. The number of guanidine groups is 1. The van der Waals surface area contributed by atoms with E-state index >= 15 is 0 Å². The van der Waals surface area contributed by atoms with Crippen LogP contribution in [0.15, 0.2) is 53.5 Å². The first-order chi connectivity index (χ1) is 14.0. The SMILES string of the molecule is CCNC(=NCc1ccc(C(=O)N(C)C)cc1)NCC(C)c1ccccc1OC. The minimum atomic E-state index is 0.000356. The maximum atomic E-state index is 12.0. The molecule has 0 aromatic heterocycles. The molecule has 0 radical (unpaired) electrons. The average Bonchev–Trinajstić information content (AvgIpc) is 2.75. The molecule has 1 amide bonds. The molecule has 0 saturated carbocycles. The number of methoxy groups -OCH3 is 1. The highest BCUT2D eigenvalue weighted by Gasteiger charge is 2.11. The lowest BCUT2D eigenvalue weighted by atomic mass is 10.0. The van der Waals surface area contributed by atoms with Crippen molar-refractivity contribution in [1.82, 2.24) is 15.5 Å². The van der Waals surface area contributed by atoms with E-state index in [9.17, 15) is 4.79 Å². The van der Waals surface area contributed by atoms with Crippen LogP contribution in [-0.4, -0.2) is 51.1 Å². The van der Waals surface area contributed by atoms with E-state index in [1.807, 2.05) is 49.4 Å². The summed E-state index contributed by atoms with van der Waals surface area (Å²) in [7, 11) is 5.20. The Morgan fingerprint density at radius 2 is 1.79 bits per heavy atom. The molecule has 0 fully saturated rings. The molecule has 0 saturated heterocycles. The number of nitrogens with zero attached hydrogens (tertiary/aromatic N) is 2. The van der Waals surface area contributed by atoms with Crippen molar-refractivity contribution in [2.45, 2.75) is 26.3 Å². The number of para-hydroxylation sites is 1. The number of nitrogens with one attached hydrogen (secondary N) is 2. The number of rotatable bonds is 8. The van der Waals surface area contributed by atoms with Crippen molar-refractivity contribution in [3.8, 4) is 5.75 Å². The van der Waals surface area contributed by atoms with Crippen LogP contribution in [0.5, 0.6) is 5.75 Å². The molecule has 0 aliphatic heterocycles. The molecule has 1 atom stereocenters. The van der Waals surface area contributed by atoms with E-state index in [1.165, 1.54) is 5.56 Å². The van der Waals surface area contributed by atoms with Crippen LogP contribution in [0.3, 0.4) is 0 Å². The van der Waals surface area contributed by atoms with E-state index < -0.39 is 0 Å². The number of amides is 1. The topological polar surface area (TPSA) is 66.0 Å². The Hall–Kier alpha value is -3.02. The molecule has 0 bridgehead atoms. The quantitative estimate of drug-likeness (QED) is 0.531. The minimum Gasteiger partial charge on any atom is -0.496 e. The van der Waals surface area contributed by atoms with Crippen molar-refractivity contribution in [3.63, 3.8) is 0 Å². The lowest BCUT2D eigenvalue weighted by Gasteiger charge is -2.18. The normalized spacial score (nSPS) is 12.2. The van der Waals surface area contributed by atoms with Crippen LogP contribution in [0, 0.1) is 0 Å². The molecule has 0 spiro atoms. The summed E-state index contributed by atoms with van der Waals surface area (Å²) in [5.74, 6) is 1.94. The Morgan fingerprint density at radius 3 is 2.41 bits per heavy atom. The molecule has 6 heteroatoms. The van der Waals surface area contributed by atoms with E-state index in [1.54, 1.807) is 26.1 Å². The van der Waals surface area contributed by atoms with E-state index in [4.69, 9.17) is 4.74 Å². The van der Waals surface area contributed by atoms with Gasteiger partial charge in [0.15, 0.2) is 5.96 Å². The van der Waals surface area contributed by atoms with Gasteiger partial charge in [-0.15, -0.1) is 0 Å². The van der Waals surface area contributed by atoms with Gasteiger partial charge in [0, 0.05) is 38.7 Å². The smallest absolute Gasteiger partial charge is 0.253 e. The van der Waals surface area contributed by atoms with Gasteiger partial charge in [-0.1, -0.05) is 37.3 Å². The van der Waals surface area contributed by atoms with Crippen molar-refractivity contribution in [3.05, 3.63) is 65.2 Å². The summed E-state index contributed by atoms with van der Waals surface area (Å²) in [6, 6.07) is 15.7. The number of benzene rings is 2. The Labute approximate surface area is 174 Å². The first-order valence-electron chi connectivity index (χ1n) is 9.92. The van der Waals surface area contributed by atoms with E-state index in [0.29, 0.717) is 12.1 Å². The summed E-state index contributed by atoms with van der Waals surface area (Å²) >= 11 is 0. The molecule has 2 rings (SSSR count). The van der Waals surface area contributed by atoms with Crippen LogP contribution in [0.25, 0.3) is 0 Å². The predicted octanol–water partition coefficient (Wildman–Crippen LogP) is 3.26. The van der Waals surface area contributed by atoms with Crippen LogP contribution < -0.4 is 15.4 Å². The molecule has 2 aromatic carbocycles. The monoisotopic (exact) mass is 396 g/mol. The summed E-state index contributed by atoms with van der Waals surface area (Å²) in [6.07, 6.45) is 0. The summed E-state index contributed by atoms with van der Waals surface area (Å²) in [4.78, 5) is 18.2. The molecule has 2 aromatic rings. The number of ether oxygens (including phenoxy) is 1. The Kier molecular flexibility index (Phi) is 8.52. The molecule has 156 valence electrons. The van der Waals surface area contributed by atoms with E-state index in [-0.39, 0.29) is 11.8 Å². The van der Waals surface area contributed by atoms with Gasteiger partial charge in [0.1, 0.15) is 5.75 Å². The lowest BCUT2D eigenvalue weighted by molar-refractivity contribution is 0.0827. The first kappa shape index (κ1) is 22.3. The molecule has 0 aliphatic carbocycles. The van der Waals surface area contributed by atoms with Crippen LogP contribution in [0.2, 0.25) is 0 Å². The van der Waals surface area contributed by atoms with E-state index in [2.05, 4.69) is 28.6 Å². The van der Waals surface area contributed by atoms with Gasteiger partial charge in [-0.05, 0) is 36.2 Å². The van der Waals surface area contributed by atoms with Gasteiger partial charge < -0.3 is 20.3 Å². The van der Waals surface area contributed by atoms with Crippen LogP contribution in [0.1, 0.15) is 41.3 Å². The predicted molar refractivity (Wildman–Crippen MR) is 119 cm³/mol. The van der Waals surface area contributed by atoms with Gasteiger partial charge in [0.25, 0.3) is 5.91 Å². The minimum absolute atomic E-state index is 0.000356. The number of hydrogen-bond donors (Lipinski definition) is 2. The molecule has 2 N–H and O–H groups in total. The van der Waals surface area contributed by atoms with Crippen LogP contribution in [0.4, 0.5) is 0 Å². The fraction of sp³-hybridized carbons (Fsp3) is 0.391. The van der Waals surface area contributed by atoms with Crippen molar-refractivity contribution in [2.75, 3.05) is 34.3 Å². The van der Waals surface area contributed by atoms with Gasteiger partial charge in [0.2, 0.25) is 0 Å². The van der Waals surface area contributed by atoms with Gasteiger partial charge in [-0.25, -0.2) is 4.99 Å². The molecular weight excluding hydrogens is 364 g/mol. The summed E-state index contributed by atoms with van der Waals surface area (Å²) in [6.45, 7) is 6.26. The number of hydrogen-bond acceptors (Lipinski definition) is 3. The van der Waals surface area contributed by atoms with Crippen molar-refractivity contribution >= 4 is 11.9 Å². The summed E-state index contributed by atoms with van der Waals surface area (Å²) < 4.78 is 5.47. The summed E-state index contributed by atoms with van der Waals surface area (Å²) in [5, 5.41) is 6.69. The second-order valence-electron chi connectivity index (χ2n) is 7.12. The molecule has 0 aliphatic rings. The molecule has 6 nitrogen and oxygen atoms in total. The van der Waals surface area contributed by atoms with Gasteiger partial charge in [-0.2, -0.15) is 0 Å². The third kappa shape index (κ3) is 6.52.